The standard InChI is InChI=1S/C15H28O7/c1-3-4-5-6-10(17)7-9(2)21-15-14(20)13(19)12(18)11(8-16)22-15/h4-5,9-20H,3,6-8H2,1-2H3/b5-4+/t9-,10-,11+,12+,13-,14+,15+/m0/s1. The fourth-order valence-corrected chi connectivity index (χ4v) is 2.36. The Hall–Kier alpha value is -0.540. The predicted octanol–water partition coefficient (Wildman–Crippen LogP) is -0.701. The summed E-state index contributed by atoms with van der Waals surface area (Å²) in [5.74, 6) is 0. The van der Waals surface area contributed by atoms with E-state index in [1.54, 1.807) is 6.92 Å². The van der Waals surface area contributed by atoms with Crippen LogP contribution >= 0.6 is 0 Å². The van der Waals surface area contributed by atoms with E-state index in [-0.39, 0.29) is 0 Å². The van der Waals surface area contributed by atoms with Gasteiger partial charge in [-0.15, -0.1) is 0 Å². The third-order valence-corrected chi connectivity index (χ3v) is 3.63. The van der Waals surface area contributed by atoms with Crippen LogP contribution in [0.15, 0.2) is 12.2 Å². The molecule has 5 N–H and O–H groups in total. The van der Waals surface area contributed by atoms with Gasteiger partial charge in [0.05, 0.1) is 18.8 Å². The molecule has 0 radical (unpaired) electrons. The maximum atomic E-state index is 9.87. The summed E-state index contributed by atoms with van der Waals surface area (Å²) in [5, 5.41) is 48.2. The molecular weight excluding hydrogens is 292 g/mol. The van der Waals surface area contributed by atoms with Gasteiger partial charge in [-0.1, -0.05) is 19.1 Å². The molecule has 0 aliphatic carbocycles. The van der Waals surface area contributed by atoms with Gasteiger partial charge in [-0.05, 0) is 26.2 Å². The third kappa shape index (κ3) is 5.58. The van der Waals surface area contributed by atoms with Crippen molar-refractivity contribution in [3.05, 3.63) is 12.2 Å². The van der Waals surface area contributed by atoms with Gasteiger partial charge in [0.1, 0.15) is 24.4 Å². The molecule has 1 heterocycles. The molecule has 1 aliphatic rings. The van der Waals surface area contributed by atoms with Gasteiger partial charge >= 0.3 is 0 Å². The molecule has 1 aliphatic heterocycles. The van der Waals surface area contributed by atoms with Crippen LogP contribution in [0.5, 0.6) is 0 Å². The first kappa shape index (κ1) is 19.5. The molecule has 0 amide bonds. The van der Waals surface area contributed by atoms with E-state index in [1.165, 1.54) is 0 Å². The quantitative estimate of drug-likeness (QED) is 0.375. The molecule has 130 valence electrons. The molecule has 7 atom stereocenters. The van der Waals surface area contributed by atoms with Crippen molar-refractivity contribution in [1.82, 2.24) is 0 Å². The topological polar surface area (TPSA) is 120 Å². The van der Waals surface area contributed by atoms with Gasteiger partial charge in [0.25, 0.3) is 0 Å². The van der Waals surface area contributed by atoms with Crippen molar-refractivity contribution in [1.29, 1.82) is 0 Å². The molecule has 0 aromatic carbocycles. The first-order valence-electron chi connectivity index (χ1n) is 7.69. The summed E-state index contributed by atoms with van der Waals surface area (Å²) in [6, 6.07) is 0. The van der Waals surface area contributed by atoms with Crippen LogP contribution in [-0.2, 0) is 9.47 Å². The second-order valence-corrected chi connectivity index (χ2v) is 5.65. The first-order valence-corrected chi connectivity index (χ1v) is 7.69. The van der Waals surface area contributed by atoms with E-state index in [9.17, 15) is 20.4 Å². The average Bonchev–Trinajstić information content (AvgIpc) is 2.48. The van der Waals surface area contributed by atoms with E-state index in [2.05, 4.69) is 0 Å². The molecule has 0 aromatic heterocycles. The predicted molar refractivity (Wildman–Crippen MR) is 79.0 cm³/mol. The largest absolute Gasteiger partial charge is 0.394 e. The molecular formula is C15H28O7. The lowest BCUT2D eigenvalue weighted by molar-refractivity contribution is -0.311. The van der Waals surface area contributed by atoms with Crippen LogP contribution < -0.4 is 0 Å². The Balaban J connectivity index is 2.48. The van der Waals surface area contributed by atoms with Gasteiger partial charge in [-0.3, -0.25) is 0 Å². The van der Waals surface area contributed by atoms with E-state index in [0.717, 1.165) is 6.42 Å². The molecule has 0 unspecified atom stereocenters. The maximum Gasteiger partial charge on any atom is 0.186 e. The molecule has 0 saturated carbocycles. The highest BCUT2D eigenvalue weighted by molar-refractivity contribution is 4.89. The zero-order valence-corrected chi connectivity index (χ0v) is 13.1. The monoisotopic (exact) mass is 320 g/mol. The fourth-order valence-electron chi connectivity index (χ4n) is 2.36. The fraction of sp³-hybridized carbons (Fsp3) is 0.867. The molecule has 0 bridgehead atoms. The second kappa shape index (κ2) is 9.57. The first-order chi connectivity index (χ1) is 10.4. The van der Waals surface area contributed by atoms with Gasteiger partial charge in [-0.2, -0.15) is 0 Å². The van der Waals surface area contributed by atoms with Crippen LogP contribution in [0.25, 0.3) is 0 Å². The van der Waals surface area contributed by atoms with Gasteiger partial charge in [0, 0.05) is 0 Å². The SMILES string of the molecule is CC/C=C/C[C@H](O)C[C@H](C)O[C@@H]1O[C@H](CO)[C@@H](O)[C@H](O)[C@H]1O. The second-order valence-electron chi connectivity index (χ2n) is 5.65. The van der Waals surface area contributed by atoms with E-state index in [0.29, 0.717) is 12.8 Å². The normalized spacial score (nSPS) is 35.7. The summed E-state index contributed by atoms with van der Waals surface area (Å²) in [6.45, 7) is 3.23. The molecule has 0 aromatic rings. The number of allylic oxidation sites excluding steroid dienone is 1. The lowest BCUT2D eigenvalue weighted by Crippen LogP contribution is -2.59. The maximum absolute atomic E-state index is 9.87. The lowest BCUT2D eigenvalue weighted by Gasteiger charge is -2.40. The Morgan fingerprint density at radius 2 is 1.82 bits per heavy atom. The van der Waals surface area contributed by atoms with E-state index in [4.69, 9.17) is 14.6 Å². The third-order valence-electron chi connectivity index (χ3n) is 3.63. The van der Waals surface area contributed by atoms with Crippen molar-refractivity contribution in [2.45, 2.75) is 76.0 Å². The number of aliphatic hydroxyl groups excluding tert-OH is 5. The van der Waals surface area contributed by atoms with Crippen LogP contribution in [0.1, 0.15) is 33.1 Å². The molecule has 1 fully saturated rings. The van der Waals surface area contributed by atoms with Crippen molar-refractivity contribution in [2.24, 2.45) is 0 Å². The number of hydrogen-bond donors (Lipinski definition) is 5. The molecule has 7 nitrogen and oxygen atoms in total. The highest BCUT2D eigenvalue weighted by Gasteiger charge is 2.44. The van der Waals surface area contributed by atoms with E-state index in [1.807, 2.05) is 19.1 Å². The molecule has 7 heteroatoms. The van der Waals surface area contributed by atoms with Gasteiger partial charge < -0.3 is 35.0 Å². The highest BCUT2D eigenvalue weighted by atomic mass is 16.7. The smallest absolute Gasteiger partial charge is 0.186 e. The Morgan fingerprint density at radius 3 is 2.41 bits per heavy atom. The number of hydrogen-bond acceptors (Lipinski definition) is 7. The molecule has 0 spiro atoms. The zero-order chi connectivity index (χ0) is 16.7. The summed E-state index contributed by atoms with van der Waals surface area (Å²) >= 11 is 0. The summed E-state index contributed by atoms with van der Waals surface area (Å²) in [5.41, 5.74) is 0. The van der Waals surface area contributed by atoms with Crippen LogP contribution in [-0.4, -0.2) is 75.1 Å². The highest BCUT2D eigenvalue weighted by Crippen LogP contribution is 2.23. The molecule has 22 heavy (non-hydrogen) atoms. The van der Waals surface area contributed by atoms with Crippen LogP contribution in [0, 0.1) is 0 Å². The van der Waals surface area contributed by atoms with Crippen molar-refractivity contribution < 1.29 is 35.0 Å². The molecule has 1 saturated heterocycles. The number of aliphatic hydroxyl groups is 5. The van der Waals surface area contributed by atoms with Crippen LogP contribution in [0.3, 0.4) is 0 Å². The Kier molecular flexibility index (Phi) is 8.48. The number of rotatable bonds is 8. The van der Waals surface area contributed by atoms with Crippen molar-refractivity contribution in [3.8, 4) is 0 Å². The van der Waals surface area contributed by atoms with Gasteiger partial charge in [-0.25, -0.2) is 0 Å². The minimum Gasteiger partial charge on any atom is -0.394 e. The van der Waals surface area contributed by atoms with Crippen molar-refractivity contribution in [3.63, 3.8) is 0 Å². The minimum atomic E-state index is -1.46. The average molecular weight is 320 g/mol. The Labute approximate surface area is 130 Å². The van der Waals surface area contributed by atoms with Gasteiger partial charge in [0.2, 0.25) is 0 Å². The summed E-state index contributed by atoms with van der Waals surface area (Å²) in [4.78, 5) is 0. The van der Waals surface area contributed by atoms with Crippen molar-refractivity contribution in [2.75, 3.05) is 6.61 Å². The summed E-state index contributed by atoms with van der Waals surface area (Å²) < 4.78 is 10.7. The van der Waals surface area contributed by atoms with Gasteiger partial charge in [0.15, 0.2) is 6.29 Å². The molecule has 1 rings (SSSR count). The number of ether oxygens (including phenoxy) is 2. The van der Waals surface area contributed by atoms with E-state index < -0.39 is 49.5 Å². The summed E-state index contributed by atoms with van der Waals surface area (Å²) in [7, 11) is 0. The van der Waals surface area contributed by atoms with Crippen LogP contribution in [0.2, 0.25) is 0 Å². The van der Waals surface area contributed by atoms with Crippen molar-refractivity contribution >= 4 is 0 Å². The zero-order valence-electron chi connectivity index (χ0n) is 13.1. The lowest BCUT2D eigenvalue weighted by atomic mass is 9.99. The Morgan fingerprint density at radius 1 is 1.14 bits per heavy atom. The minimum absolute atomic E-state index is 0.336. The van der Waals surface area contributed by atoms with Crippen LogP contribution in [0.4, 0.5) is 0 Å². The van der Waals surface area contributed by atoms with E-state index >= 15 is 0 Å². The summed E-state index contributed by atoms with van der Waals surface area (Å²) in [6.07, 6.45) is -1.83. The Bertz CT molecular complexity index is 334.